The van der Waals surface area contributed by atoms with Crippen molar-refractivity contribution < 1.29 is 9.26 Å². The molecule has 1 aliphatic carbocycles. The molecule has 0 aliphatic heterocycles. The summed E-state index contributed by atoms with van der Waals surface area (Å²) in [6.45, 7) is 0.542. The molecular formula is C20H21N3O2. The van der Waals surface area contributed by atoms with Gasteiger partial charge >= 0.3 is 0 Å². The molecule has 0 radical (unpaired) electrons. The summed E-state index contributed by atoms with van der Waals surface area (Å²) in [6, 6.07) is 17.8. The summed E-state index contributed by atoms with van der Waals surface area (Å²) in [6.07, 6.45) is 4.07. The fourth-order valence-electron chi connectivity index (χ4n) is 3.21. The molecule has 1 saturated carbocycles. The largest absolute Gasteiger partial charge is 0.489 e. The fourth-order valence-corrected chi connectivity index (χ4v) is 3.21. The highest BCUT2D eigenvalue weighted by Gasteiger charge is 2.36. The first-order valence-electron chi connectivity index (χ1n) is 8.63. The van der Waals surface area contributed by atoms with Crippen molar-refractivity contribution in [1.29, 1.82) is 0 Å². The maximum Gasteiger partial charge on any atom is 0.257 e. The Hall–Kier alpha value is -2.66. The lowest BCUT2D eigenvalue weighted by molar-refractivity contribution is 0.306. The van der Waals surface area contributed by atoms with Crippen LogP contribution >= 0.6 is 0 Å². The number of aromatic nitrogens is 2. The highest BCUT2D eigenvalue weighted by molar-refractivity contribution is 5.54. The van der Waals surface area contributed by atoms with Crippen molar-refractivity contribution >= 4 is 0 Å². The maximum atomic E-state index is 6.39. The molecule has 128 valence electrons. The molecule has 0 spiro atoms. The third-order valence-corrected chi connectivity index (χ3v) is 4.72. The van der Waals surface area contributed by atoms with Gasteiger partial charge in [0.05, 0.1) is 5.54 Å². The monoisotopic (exact) mass is 335 g/mol. The molecule has 3 aromatic rings. The van der Waals surface area contributed by atoms with E-state index in [9.17, 15) is 0 Å². The van der Waals surface area contributed by atoms with Crippen molar-refractivity contribution in [2.24, 2.45) is 5.73 Å². The lowest BCUT2D eigenvalue weighted by atomic mass is 9.99. The zero-order valence-electron chi connectivity index (χ0n) is 14.0. The molecule has 25 heavy (non-hydrogen) atoms. The Morgan fingerprint density at radius 2 is 1.72 bits per heavy atom. The van der Waals surface area contributed by atoms with Gasteiger partial charge in [-0.25, -0.2) is 0 Å². The van der Waals surface area contributed by atoms with Gasteiger partial charge in [-0.2, -0.15) is 4.98 Å². The number of rotatable bonds is 5. The Labute approximate surface area is 146 Å². The second kappa shape index (κ2) is 6.69. The van der Waals surface area contributed by atoms with Crippen molar-refractivity contribution in [1.82, 2.24) is 10.1 Å². The Morgan fingerprint density at radius 1 is 1.00 bits per heavy atom. The summed E-state index contributed by atoms with van der Waals surface area (Å²) in [5, 5.41) is 4.10. The standard InChI is InChI=1S/C20H21N3O2/c21-20(12-4-5-13-20)19-22-18(25-23-19)16-8-10-17(11-9-16)24-14-15-6-2-1-3-7-15/h1-3,6-11H,4-5,12-14,21H2. The third-order valence-electron chi connectivity index (χ3n) is 4.72. The molecule has 5 heteroatoms. The first kappa shape index (κ1) is 15.8. The van der Waals surface area contributed by atoms with Gasteiger partial charge in [-0.05, 0) is 42.7 Å². The van der Waals surface area contributed by atoms with Crippen LogP contribution in [0.3, 0.4) is 0 Å². The minimum atomic E-state index is -0.430. The molecule has 1 fully saturated rings. The average Bonchev–Trinajstić information content (AvgIpc) is 3.32. The molecule has 0 unspecified atom stereocenters. The Morgan fingerprint density at radius 3 is 2.44 bits per heavy atom. The molecule has 2 aromatic carbocycles. The van der Waals surface area contributed by atoms with Crippen LogP contribution in [0.2, 0.25) is 0 Å². The lowest BCUT2D eigenvalue weighted by Gasteiger charge is -2.17. The predicted octanol–water partition coefficient (Wildman–Crippen LogP) is 4.04. The van der Waals surface area contributed by atoms with E-state index in [1.807, 2.05) is 54.6 Å². The summed E-state index contributed by atoms with van der Waals surface area (Å²) >= 11 is 0. The van der Waals surface area contributed by atoms with Crippen LogP contribution in [0.15, 0.2) is 59.1 Å². The van der Waals surface area contributed by atoms with E-state index in [0.717, 1.165) is 42.6 Å². The molecule has 4 rings (SSSR count). The van der Waals surface area contributed by atoms with E-state index in [0.29, 0.717) is 18.3 Å². The smallest absolute Gasteiger partial charge is 0.257 e. The van der Waals surface area contributed by atoms with Crippen molar-refractivity contribution in [3.05, 3.63) is 66.0 Å². The van der Waals surface area contributed by atoms with Crippen molar-refractivity contribution in [3.8, 4) is 17.2 Å². The van der Waals surface area contributed by atoms with Crippen LogP contribution in [-0.2, 0) is 12.1 Å². The quantitative estimate of drug-likeness (QED) is 0.761. The molecule has 1 aliphatic rings. The molecule has 0 amide bonds. The summed E-state index contributed by atoms with van der Waals surface area (Å²) < 4.78 is 11.2. The van der Waals surface area contributed by atoms with Gasteiger partial charge in [-0.1, -0.05) is 48.3 Å². The van der Waals surface area contributed by atoms with Gasteiger partial charge in [0.1, 0.15) is 12.4 Å². The molecular weight excluding hydrogens is 314 g/mol. The van der Waals surface area contributed by atoms with Crippen LogP contribution in [0.25, 0.3) is 11.5 Å². The molecule has 1 aromatic heterocycles. The Balaban J connectivity index is 1.44. The van der Waals surface area contributed by atoms with Crippen molar-refractivity contribution in [3.63, 3.8) is 0 Å². The molecule has 0 atom stereocenters. The Bertz CT molecular complexity index is 822. The van der Waals surface area contributed by atoms with E-state index >= 15 is 0 Å². The van der Waals surface area contributed by atoms with Crippen LogP contribution < -0.4 is 10.5 Å². The van der Waals surface area contributed by atoms with Gasteiger partial charge in [0, 0.05) is 5.56 Å². The van der Waals surface area contributed by atoms with E-state index in [1.165, 1.54) is 0 Å². The summed E-state index contributed by atoms with van der Waals surface area (Å²) in [5.41, 5.74) is 7.96. The molecule has 0 bridgehead atoms. The van der Waals surface area contributed by atoms with Crippen molar-refractivity contribution in [2.75, 3.05) is 0 Å². The van der Waals surface area contributed by atoms with Gasteiger partial charge in [-0.15, -0.1) is 0 Å². The summed E-state index contributed by atoms with van der Waals surface area (Å²) in [4.78, 5) is 4.51. The first-order chi connectivity index (χ1) is 12.2. The number of nitrogens with two attached hydrogens (primary N) is 1. The van der Waals surface area contributed by atoms with E-state index in [1.54, 1.807) is 0 Å². The predicted molar refractivity (Wildman–Crippen MR) is 94.8 cm³/mol. The lowest BCUT2D eigenvalue weighted by Crippen LogP contribution is -2.34. The highest BCUT2D eigenvalue weighted by Crippen LogP contribution is 2.35. The number of ether oxygens (including phenoxy) is 1. The first-order valence-corrected chi connectivity index (χ1v) is 8.63. The molecule has 0 saturated heterocycles. The minimum absolute atomic E-state index is 0.430. The Kier molecular flexibility index (Phi) is 4.24. The second-order valence-electron chi connectivity index (χ2n) is 6.59. The average molecular weight is 335 g/mol. The van der Waals surface area contributed by atoms with E-state index in [-0.39, 0.29) is 0 Å². The van der Waals surface area contributed by atoms with E-state index in [4.69, 9.17) is 15.0 Å². The van der Waals surface area contributed by atoms with Gasteiger partial charge in [0.25, 0.3) is 5.89 Å². The normalized spacial score (nSPS) is 16.0. The van der Waals surface area contributed by atoms with Gasteiger partial charge in [0.2, 0.25) is 0 Å². The van der Waals surface area contributed by atoms with Gasteiger partial charge < -0.3 is 15.0 Å². The van der Waals surface area contributed by atoms with Crippen LogP contribution in [0.5, 0.6) is 5.75 Å². The maximum absolute atomic E-state index is 6.39. The molecule has 5 nitrogen and oxygen atoms in total. The zero-order chi connectivity index (χ0) is 17.1. The third kappa shape index (κ3) is 3.42. The molecule has 2 N–H and O–H groups in total. The van der Waals surface area contributed by atoms with Crippen LogP contribution in [-0.4, -0.2) is 10.1 Å². The van der Waals surface area contributed by atoms with Crippen LogP contribution in [0, 0.1) is 0 Å². The minimum Gasteiger partial charge on any atom is -0.489 e. The number of benzene rings is 2. The topological polar surface area (TPSA) is 74.2 Å². The number of hydrogen-bond acceptors (Lipinski definition) is 5. The molecule has 1 heterocycles. The van der Waals surface area contributed by atoms with Crippen LogP contribution in [0.1, 0.15) is 37.1 Å². The highest BCUT2D eigenvalue weighted by atomic mass is 16.5. The van der Waals surface area contributed by atoms with E-state index in [2.05, 4.69) is 10.1 Å². The van der Waals surface area contributed by atoms with Gasteiger partial charge in [-0.3, -0.25) is 0 Å². The fraction of sp³-hybridized carbons (Fsp3) is 0.300. The van der Waals surface area contributed by atoms with Gasteiger partial charge in [0.15, 0.2) is 5.82 Å². The summed E-state index contributed by atoms with van der Waals surface area (Å²) in [7, 11) is 0. The number of nitrogens with zero attached hydrogens (tertiary/aromatic N) is 2. The SMILES string of the molecule is NC1(c2noc(-c3ccc(OCc4ccccc4)cc3)n2)CCCC1. The number of hydrogen-bond donors (Lipinski definition) is 1. The van der Waals surface area contributed by atoms with Crippen LogP contribution in [0.4, 0.5) is 0 Å². The second-order valence-corrected chi connectivity index (χ2v) is 6.59. The zero-order valence-corrected chi connectivity index (χ0v) is 14.0. The van der Waals surface area contributed by atoms with Crippen molar-refractivity contribution in [2.45, 2.75) is 37.8 Å². The summed E-state index contributed by atoms with van der Waals surface area (Å²) in [5.74, 6) is 1.92. The van der Waals surface area contributed by atoms with E-state index < -0.39 is 5.54 Å².